The number of rotatable bonds is 3. The number of azide groups is 1. The van der Waals surface area contributed by atoms with Crippen molar-refractivity contribution in [3.8, 4) is 0 Å². The molecule has 0 heterocycles. The first-order chi connectivity index (χ1) is 8.31. The maximum absolute atomic E-state index is 13.0. The van der Waals surface area contributed by atoms with Gasteiger partial charge in [-0.3, -0.25) is 0 Å². The van der Waals surface area contributed by atoms with Crippen molar-refractivity contribution in [1.82, 2.24) is 0 Å². The van der Waals surface area contributed by atoms with Crippen LogP contribution in [0.5, 0.6) is 0 Å². The average Bonchev–Trinajstić information content (AvgIpc) is 2.29. The minimum atomic E-state index is -5.03. The van der Waals surface area contributed by atoms with E-state index in [4.69, 9.17) is 5.53 Å². The van der Waals surface area contributed by atoms with E-state index in [0.29, 0.717) is 0 Å². The molecular weight excluding hydrogens is 265 g/mol. The number of nitrogens with zero attached hydrogens (tertiary/aromatic N) is 3. The zero-order valence-electron chi connectivity index (χ0n) is 9.42. The molecule has 0 spiro atoms. The zero-order chi connectivity index (χ0) is 13.9. The zero-order valence-corrected chi connectivity index (χ0v) is 10.2. The predicted octanol–water partition coefficient (Wildman–Crippen LogP) is 2.38. The first kappa shape index (κ1) is 13.9. The van der Waals surface area contributed by atoms with Crippen molar-refractivity contribution in [2.24, 2.45) is 5.11 Å². The van der Waals surface area contributed by atoms with Gasteiger partial charge in [-0.25, -0.2) is 4.79 Å². The summed E-state index contributed by atoms with van der Waals surface area (Å²) in [5.41, 5.74) is 7.87. The Morgan fingerprint density at radius 3 is 2.56 bits per heavy atom. The second-order valence-corrected chi connectivity index (χ2v) is 4.55. The number of esters is 1. The molecule has 0 saturated carbocycles. The van der Waals surface area contributed by atoms with Crippen LogP contribution in [0.25, 0.3) is 10.4 Å². The fraction of sp³-hybridized carbons (Fsp3) is 0.222. The highest BCUT2D eigenvalue weighted by Gasteiger charge is 2.21. The highest BCUT2D eigenvalue weighted by molar-refractivity contribution is 7.86. The molecule has 9 heteroatoms. The monoisotopic (exact) mass is 273 g/mol. The van der Waals surface area contributed by atoms with Crippen molar-refractivity contribution in [3.05, 3.63) is 33.7 Å². The Labute approximate surface area is 102 Å². The molecule has 0 radical (unpaired) electrons. The van der Waals surface area contributed by atoms with Gasteiger partial charge in [0.1, 0.15) is 4.90 Å². The van der Waals surface area contributed by atoms with Crippen molar-refractivity contribution in [2.75, 3.05) is 7.11 Å². The molecule has 1 rings (SSSR count). The van der Waals surface area contributed by atoms with Crippen LogP contribution >= 0.6 is 0 Å². The third-order valence-electron chi connectivity index (χ3n) is 2.17. The summed E-state index contributed by atoms with van der Waals surface area (Å²) in [6.07, 6.45) is 0. The van der Waals surface area contributed by atoms with Gasteiger partial charge in [0.05, 0.1) is 12.7 Å². The van der Waals surface area contributed by atoms with Gasteiger partial charge in [-0.1, -0.05) is 5.11 Å². The highest BCUT2D eigenvalue weighted by Crippen LogP contribution is 2.29. The van der Waals surface area contributed by atoms with E-state index in [1.165, 1.54) is 6.92 Å². The summed E-state index contributed by atoms with van der Waals surface area (Å²) in [4.78, 5) is 13.0. The lowest BCUT2D eigenvalue weighted by Crippen LogP contribution is -2.05. The molecule has 0 amide bonds. The minimum Gasteiger partial charge on any atom is -0.465 e. The highest BCUT2D eigenvalue weighted by atomic mass is 32.3. The largest absolute Gasteiger partial charge is 0.465 e. The second-order valence-electron chi connectivity index (χ2n) is 3.24. The molecule has 0 fully saturated rings. The lowest BCUT2D eigenvalue weighted by molar-refractivity contribution is 0.0600. The Hall–Kier alpha value is -2.12. The van der Waals surface area contributed by atoms with Crippen LogP contribution in [0.3, 0.4) is 0 Å². The molecule has 0 aliphatic carbocycles. The first-order valence-electron chi connectivity index (χ1n) is 4.54. The maximum atomic E-state index is 13.0. The number of carbonyl (C=O) groups excluding carboxylic acids is 1. The van der Waals surface area contributed by atoms with E-state index in [0.717, 1.165) is 19.2 Å². The fourth-order valence-electron chi connectivity index (χ4n) is 1.31. The molecule has 0 aliphatic rings. The van der Waals surface area contributed by atoms with Crippen LogP contribution in [0.4, 0.5) is 9.57 Å². The van der Waals surface area contributed by atoms with Crippen LogP contribution in [0.15, 0.2) is 22.1 Å². The van der Waals surface area contributed by atoms with E-state index in [1.54, 1.807) is 0 Å². The van der Waals surface area contributed by atoms with Gasteiger partial charge in [0.2, 0.25) is 0 Å². The smallest absolute Gasteiger partial charge is 0.337 e. The molecule has 0 N–H and O–H groups in total. The third kappa shape index (κ3) is 2.76. The number of ether oxygens (including phenoxy) is 1. The topological polar surface area (TPSA) is 109 Å². The van der Waals surface area contributed by atoms with E-state index >= 15 is 0 Å². The number of halogens is 1. The van der Waals surface area contributed by atoms with Gasteiger partial charge in [0, 0.05) is 10.6 Å². The van der Waals surface area contributed by atoms with Crippen LogP contribution in [-0.4, -0.2) is 21.5 Å². The lowest BCUT2D eigenvalue weighted by Gasteiger charge is -2.07. The molecule has 0 bridgehead atoms. The number of hydrogen-bond acceptors (Lipinski definition) is 5. The summed E-state index contributed by atoms with van der Waals surface area (Å²) in [6, 6.07) is 1.95. The number of carbonyl (C=O) groups is 1. The second kappa shape index (κ2) is 5.03. The predicted molar refractivity (Wildman–Crippen MR) is 59.6 cm³/mol. The number of hydrogen-bond donors (Lipinski definition) is 0. The first-order valence-corrected chi connectivity index (χ1v) is 5.92. The minimum absolute atomic E-state index is 0.0806. The fourth-order valence-corrected chi connectivity index (χ4v) is 2.05. The third-order valence-corrected chi connectivity index (χ3v) is 3.12. The van der Waals surface area contributed by atoms with Crippen molar-refractivity contribution in [1.29, 1.82) is 0 Å². The van der Waals surface area contributed by atoms with Crippen LogP contribution in [0, 0.1) is 6.92 Å². The molecule has 0 unspecified atom stereocenters. The summed E-state index contributed by atoms with van der Waals surface area (Å²) in [6.45, 7) is 1.26. The Kier molecular flexibility index (Phi) is 3.89. The van der Waals surface area contributed by atoms with E-state index in [9.17, 15) is 17.1 Å². The lowest BCUT2D eigenvalue weighted by atomic mass is 10.1. The molecular formula is C9H8FN3O4S. The summed E-state index contributed by atoms with van der Waals surface area (Å²) < 4.78 is 39.3. The van der Waals surface area contributed by atoms with Gasteiger partial charge >= 0.3 is 16.2 Å². The van der Waals surface area contributed by atoms with Gasteiger partial charge in [-0.05, 0) is 30.2 Å². The van der Waals surface area contributed by atoms with Crippen LogP contribution < -0.4 is 0 Å². The number of methoxy groups -OCH3 is 1. The quantitative estimate of drug-likeness (QED) is 0.277. The number of benzene rings is 1. The van der Waals surface area contributed by atoms with Gasteiger partial charge in [0.15, 0.2) is 0 Å². The molecule has 0 saturated heterocycles. The maximum Gasteiger partial charge on any atom is 0.337 e. The van der Waals surface area contributed by atoms with Crippen LogP contribution in [-0.2, 0) is 15.0 Å². The van der Waals surface area contributed by atoms with Gasteiger partial charge < -0.3 is 4.74 Å². The Bertz CT molecular complexity index is 650. The molecule has 0 aromatic heterocycles. The molecule has 7 nitrogen and oxygen atoms in total. The summed E-state index contributed by atoms with van der Waals surface area (Å²) in [5.74, 6) is -0.866. The Morgan fingerprint density at radius 1 is 1.50 bits per heavy atom. The molecule has 96 valence electrons. The van der Waals surface area contributed by atoms with Gasteiger partial charge in [0.25, 0.3) is 0 Å². The van der Waals surface area contributed by atoms with E-state index in [-0.39, 0.29) is 16.8 Å². The molecule has 18 heavy (non-hydrogen) atoms. The molecule has 0 aliphatic heterocycles. The van der Waals surface area contributed by atoms with Crippen molar-refractivity contribution < 1.29 is 21.8 Å². The van der Waals surface area contributed by atoms with E-state index < -0.39 is 21.1 Å². The van der Waals surface area contributed by atoms with E-state index in [2.05, 4.69) is 14.8 Å². The average molecular weight is 273 g/mol. The van der Waals surface area contributed by atoms with Crippen molar-refractivity contribution in [3.63, 3.8) is 0 Å². The van der Waals surface area contributed by atoms with Gasteiger partial charge in [-0.2, -0.15) is 8.42 Å². The molecule has 1 aromatic carbocycles. The van der Waals surface area contributed by atoms with Crippen molar-refractivity contribution >= 4 is 21.9 Å². The Balaban J connectivity index is 3.67. The molecule has 0 atom stereocenters. The SMILES string of the molecule is COC(=O)c1cc(N=[N+]=[N-])c(C)c(S(=O)(=O)F)c1. The van der Waals surface area contributed by atoms with Gasteiger partial charge in [-0.15, -0.1) is 3.89 Å². The Morgan fingerprint density at radius 2 is 2.11 bits per heavy atom. The van der Waals surface area contributed by atoms with Crippen molar-refractivity contribution in [2.45, 2.75) is 11.8 Å². The summed E-state index contributed by atoms with van der Waals surface area (Å²) in [5, 5.41) is 3.20. The normalized spacial score (nSPS) is 10.6. The van der Waals surface area contributed by atoms with Crippen LogP contribution in [0.2, 0.25) is 0 Å². The molecule has 1 aromatic rings. The standard InChI is InChI=1S/C9H8FN3O4S/c1-5-7(12-13-11)3-6(9(14)17-2)4-8(5)18(10,15)16/h3-4H,1-2H3. The summed E-state index contributed by atoms with van der Waals surface area (Å²) in [7, 11) is -3.95. The van der Waals surface area contributed by atoms with Crippen LogP contribution in [0.1, 0.15) is 15.9 Å². The summed E-state index contributed by atoms with van der Waals surface area (Å²) >= 11 is 0. The van der Waals surface area contributed by atoms with E-state index in [1.807, 2.05) is 0 Å².